The van der Waals surface area contributed by atoms with Gasteiger partial charge in [0.05, 0.1) is 18.3 Å². The van der Waals surface area contributed by atoms with Crippen molar-refractivity contribution < 1.29 is 28.8 Å². The van der Waals surface area contributed by atoms with Crippen LogP contribution >= 0.6 is 11.8 Å². The van der Waals surface area contributed by atoms with Crippen LogP contribution in [0.1, 0.15) is 57.3 Å². The zero-order valence-electron chi connectivity index (χ0n) is 21.7. The molecule has 37 heavy (non-hydrogen) atoms. The zero-order valence-corrected chi connectivity index (χ0v) is 22.6. The molecule has 1 fully saturated rings. The van der Waals surface area contributed by atoms with Crippen molar-refractivity contribution in [1.29, 1.82) is 0 Å². The van der Waals surface area contributed by atoms with Crippen LogP contribution in [0.5, 0.6) is 0 Å². The Morgan fingerprint density at radius 3 is 2.32 bits per heavy atom. The molecule has 1 aliphatic rings. The van der Waals surface area contributed by atoms with Gasteiger partial charge in [0.1, 0.15) is 12.1 Å². The SMILES string of the molecule is CC(=O)SCC(=O)[C@H](C)NC(=O)[C@H](CC(C)C)NC(=O)[C@@H]1CCCN1C(=O)CNC(=O)c1ccccc1. The fourth-order valence-electron chi connectivity index (χ4n) is 3.95. The van der Waals surface area contributed by atoms with Gasteiger partial charge in [-0.3, -0.25) is 28.8 Å². The predicted octanol–water partition coefficient (Wildman–Crippen LogP) is 1.29. The Morgan fingerprint density at radius 1 is 1.03 bits per heavy atom. The van der Waals surface area contributed by atoms with Gasteiger partial charge in [-0.25, -0.2) is 0 Å². The average Bonchev–Trinajstić information content (AvgIpc) is 3.35. The molecule has 3 atom stereocenters. The van der Waals surface area contributed by atoms with Crippen LogP contribution in [0.3, 0.4) is 0 Å². The highest BCUT2D eigenvalue weighted by Gasteiger charge is 2.36. The van der Waals surface area contributed by atoms with Crippen LogP contribution < -0.4 is 16.0 Å². The molecule has 11 heteroatoms. The molecule has 1 aromatic carbocycles. The summed E-state index contributed by atoms with van der Waals surface area (Å²) in [7, 11) is 0. The molecular formula is C26H36N4O6S. The van der Waals surface area contributed by atoms with Crippen LogP contribution in [0.15, 0.2) is 30.3 Å². The van der Waals surface area contributed by atoms with Gasteiger partial charge in [0.15, 0.2) is 10.9 Å². The molecule has 1 saturated heterocycles. The highest BCUT2D eigenvalue weighted by Crippen LogP contribution is 2.18. The number of nitrogens with one attached hydrogen (secondary N) is 3. The fraction of sp³-hybridized carbons (Fsp3) is 0.538. The second-order valence-electron chi connectivity index (χ2n) is 9.46. The largest absolute Gasteiger partial charge is 0.345 e. The van der Waals surface area contributed by atoms with Crippen molar-refractivity contribution in [3.63, 3.8) is 0 Å². The Balaban J connectivity index is 1.97. The lowest BCUT2D eigenvalue weighted by molar-refractivity contribution is -0.139. The lowest BCUT2D eigenvalue weighted by Gasteiger charge is -2.27. The Labute approximate surface area is 221 Å². The van der Waals surface area contributed by atoms with Crippen molar-refractivity contribution in [3.05, 3.63) is 35.9 Å². The fourth-order valence-corrected chi connectivity index (χ4v) is 4.55. The maximum atomic E-state index is 13.1. The van der Waals surface area contributed by atoms with Crippen molar-refractivity contribution in [3.8, 4) is 0 Å². The number of ketones is 1. The number of carbonyl (C=O) groups excluding carboxylic acids is 6. The summed E-state index contributed by atoms with van der Waals surface area (Å²) in [6.07, 6.45) is 1.41. The van der Waals surface area contributed by atoms with Gasteiger partial charge in [-0.1, -0.05) is 43.8 Å². The van der Waals surface area contributed by atoms with Crippen molar-refractivity contribution in [1.82, 2.24) is 20.9 Å². The minimum Gasteiger partial charge on any atom is -0.345 e. The molecular weight excluding hydrogens is 496 g/mol. The van der Waals surface area contributed by atoms with Gasteiger partial charge in [0.2, 0.25) is 17.7 Å². The molecule has 0 aliphatic carbocycles. The van der Waals surface area contributed by atoms with E-state index in [2.05, 4.69) is 16.0 Å². The third-order valence-corrected chi connectivity index (χ3v) is 6.75. The standard InChI is InChI=1S/C26H36N4O6S/c1-16(2)13-20(25(35)28-17(3)22(32)15-37-18(4)31)29-26(36)21-11-8-12-30(21)23(33)14-27-24(34)19-9-6-5-7-10-19/h5-7,9-10,16-17,20-21H,8,11-15H2,1-4H3,(H,27,34)(H,28,35)(H,29,36)/t17-,20-,21-/m0/s1. The first-order valence-electron chi connectivity index (χ1n) is 12.4. The molecule has 4 amide bonds. The number of amides is 4. The molecule has 0 bridgehead atoms. The molecule has 1 aromatic rings. The smallest absolute Gasteiger partial charge is 0.251 e. The Bertz CT molecular complexity index is 1000. The number of thioether (sulfide) groups is 1. The number of hydrogen-bond acceptors (Lipinski definition) is 7. The molecule has 1 heterocycles. The summed E-state index contributed by atoms with van der Waals surface area (Å²) >= 11 is 0.875. The number of benzene rings is 1. The van der Waals surface area contributed by atoms with Gasteiger partial charge in [-0.15, -0.1) is 0 Å². The minimum absolute atomic E-state index is 0.0437. The van der Waals surface area contributed by atoms with Crippen LogP contribution in [-0.4, -0.2) is 76.4 Å². The van der Waals surface area contributed by atoms with E-state index in [1.165, 1.54) is 18.7 Å². The summed E-state index contributed by atoms with van der Waals surface area (Å²) < 4.78 is 0. The third-order valence-electron chi connectivity index (χ3n) is 5.91. The van der Waals surface area contributed by atoms with E-state index in [0.29, 0.717) is 31.4 Å². The second kappa shape index (κ2) is 14.5. The van der Waals surface area contributed by atoms with Crippen molar-refractivity contribution in [2.75, 3.05) is 18.8 Å². The predicted molar refractivity (Wildman–Crippen MR) is 141 cm³/mol. The number of rotatable bonds is 12. The van der Waals surface area contributed by atoms with Crippen molar-refractivity contribution in [2.45, 2.75) is 65.1 Å². The van der Waals surface area contributed by atoms with Crippen molar-refractivity contribution >= 4 is 46.3 Å². The van der Waals surface area contributed by atoms with Gasteiger partial charge in [-0.05, 0) is 44.2 Å². The van der Waals surface area contributed by atoms with Crippen LogP contribution in [0, 0.1) is 5.92 Å². The van der Waals surface area contributed by atoms with Crippen LogP contribution in [-0.2, 0) is 24.0 Å². The van der Waals surface area contributed by atoms with Gasteiger partial charge in [0.25, 0.3) is 5.91 Å². The highest BCUT2D eigenvalue weighted by molar-refractivity contribution is 8.14. The highest BCUT2D eigenvalue weighted by atomic mass is 32.2. The molecule has 0 unspecified atom stereocenters. The first-order chi connectivity index (χ1) is 17.5. The number of likely N-dealkylation sites (tertiary alicyclic amines) is 1. The lowest BCUT2D eigenvalue weighted by atomic mass is 10.0. The number of nitrogens with zero attached hydrogens (tertiary/aromatic N) is 1. The van der Waals surface area contributed by atoms with E-state index in [0.717, 1.165) is 11.8 Å². The Kier molecular flexibility index (Phi) is 11.8. The Hall–Kier alpha value is -3.21. The van der Waals surface area contributed by atoms with Gasteiger partial charge in [0, 0.05) is 19.0 Å². The summed E-state index contributed by atoms with van der Waals surface area (Å²) in [6, 6.07) is 6.06. The second-order valence-corrected chi connectivity index (χ2v) is 10.6. The molecule has 1 aliphatic heterocycles. The van der Waals surface area contributed by atoms with E-state index >= 15 is 0 Å². The topological polar surface area (TPSA) is 142 Å². The van der Waals surface area contributed by atoms with Crippen LogP contribution in [0.2, 0.25) is 0 Å². The molecule has 0 radical (unpaired) electrons. The first-order valence-corrected chi connectivity index (χ1v) is 13.4. The summed E-state index contributed by atoms with van der Waals surface area (Å²) in [5.74, 6) is -1.98. The van der Waals surface area contributed by atoms with Crippen molar-refractivity contribution in [2.24, 2.45) is 5.92 Å². The van der Waals surface area contributed by atoms with E-state index in [1.807, 2.05) is 13.8 Å². The van der Waals surface area contributed by atoms with Gasteiger partial charge < -0.3 is 20.9 Å². The normalized spacial score (nSPS) is 16.6. The summed E-state index contributed by atoms with van der Waals surface area (Å²) in [5, 5.41) is 7.79. The number of carbonyl (C=O) groups is 6. The monoisotopic (exact) mass is 532 g/mol. The van der Waals surface area contributed by atoms with Gasteiger partial charge in [-0.2, -0.15) is 0 Å². The number of hydrogen-bond donors (Lipinski definition) is 3. The van der Waals surface area contributed by atoms with E-state index in [4.69, 9.17) is 0 Å². The maximum absolute atomic E-state index is 13.1. The molecule has 202 valence electrons. The zero-order chi connectivity index (χ0) is 27.5. The molecule has 10 nitrogen and oxygen atoms in total. The van der Waals surface area contributed by atoms with E-state index in [1.54, 1.807) is 30.3 Å². The van der Waals surface area contributed by atoms with E-state index < -0.39 is 29.9 Å². The van der Waals surface area contributed by atoms with E-state index in [9.17, 15) is 28.8 Å². The minimum atomic E-state index is -0.890. The van der Waals surface area contributed by atoms with Gasteiger partial charge >= 0.3 is 0 Å². The molecule has 0 saturated carbocycles. The van der Waals surface area contributed by atoms with Crippen LogP contribution in [0.25, 0.3) is 0 Å². The quantitative estimate of drug-likeness (QED) is 0.368. The lowest BCUT2D eigenvalue weighted by Crippen LogP contribution is -2.56. The Morgan fingerprint density at radius 2 is 1.70 bits per heavy atom. The molecule has 0 spiro atoms. The maximum Gasteiger partial charge on any atom is 0.251 e. The third kappa shape index (κ3) is 9.64. The van der Waals surface area contributed by atoms with E-state index in [-0.39, 0.29) is 40.9 Å². The average molecular weight is 533 g/mol. The summed E-state index contributed by atoms with van der Waals surface area (Å²) in [5.41, 5.74) is 0.432. The molecule has 3 N–H and O–H groups in total. The first kappa shape index (κ1) is 30.0. The van der Waals surface area contributed by atoms with Crippen LogP contribution in [0.4, 0.5) is 0 Å². The summed E-state index contributed by atoms with van der Waals surface area (Å²) in [6.45, 7) is 6.85. The molecule has 0 aromatic heterocycles. The summed E-state index contributed by atoms with van der Waals surface area (Å²) in [4.78, 5) is 75.9. The number of Topliss-reactive ketones (excluding diaryl/α,β-unsaturated/α-hetero) is 1. The molecule has 2 rings (SSSR count).